The van der Waals surface area contributed by atoms with E-state index < -0.39 is 6.10 Å². The normalized spacial score (nSPS) is 16.7. The molecule has 0 aliphatic heterocycles. The zero-order chi connectivity index (χ0) is 21.4. The van der Waals surface area contributed by atoms with E-state index in [4.69, 9.17) is 9.97 Å². The van der Waals surface area contributed by atoms with Gasteiger partial charge in [0.05, 0.1) is 33.8 Å². The smallest absolute Gasteiger partial charge is 0.118 e. The fraction of sp³-hybridized carbons (Fsp3) is 0.360. The number of aromatic nitrogens is 3. The lowest BCUT2D eigenvalue weighted by molar-refractivity contribution is 0.175. The van der Waals surface area contributed by atoms with Crippen LogP contribution in [0.3, 0.4) is 0 Å². The van der Waals surface area contributed by atoms with Gasteiger partial charge < -0.3 is 15.0 Å². The Bertz CT molecular complexity index is 1200. The number of hydrogen-bond donors (Lipinski definition) is 2. The minimum atomic E-state index is -0.479. The van der Waals surface area contributed by atoms with Gasteiger partial charge >= 0.3 is 0 Å². The molecule has 160 valence electrons. The van der Waals surface area contributed by atoms with Gasteiger partial charge in [0.2, 0.25) is 0 Å². The first kappa shape index (κ1) is 20.4. The summed E-state index contributed by atoms with van der Waals surface area (Å²) in [6.07, 6.45) is 2.64. The number of aryl methyl sites for hydroxylation is 3. The third-order valence-electron chi connectivity index (χ3n) is 6.23. The number of benzene rings is 2. The van der Waals surface area contributed by atoms with Crippen molar-refractivity contribution in [2.75, 3.05) is 13.1 Å². The van der Waals surface area contributed by atoms with Crippen molar-refractivity contribution in [2.24, 2.45) is 7.05 Å². The first-order chi connectivity index (χ1) is 15.1. The molecule has 1 aliphatic rings. The monoisotopic (exact) mass is 432 g/mol. The molecule has 31 heavy (non-hydrogen) atoms. The maximum atomic E-state index is 10.3. The van der Waals surface area contributed by atoms with Gasteiger partial charge in [-0.15, -0.1) is 11.3 Å². The number of aliphatic hydroxyl groups is 1. The average Bonchev–Trinajstić information content (AvgIpc) is 3.43. The fourth-order valence-corrected chi connectivity index (χ4v) is 5.61. The summed E-state index contributed by atoms with van der Waals surface area (Å²) in [5.74, 6) is 1.43. The van der Waals surface area contributed by atoms with Gasteiger partial charge in [-0.1, -0.05) is 36.4 Å². The van der Waals surface area contributed by atoms with E-state index in [9.17, 15) is 5.11 Å². The number of nitrogens with one attached hydrogen (secondary N) is 1. The Kier molecular flexibility index (Phi) is 5.61. The summed E-state index contributed by atoms with van der Waals surface area (Å²) >= 11 is 1.83. The van der Waals surface area contributed by atoms with E-state index in [1.54, 1.807) is 0 Å². The molecule has 2 heterocycles. The number of hydrogen-bond acceptors (Lipinski definition) is 5. The molecular formula is C25H28N4OS. The minimum Gasteiger partial charge on any atom is -0.387 e. The Morgan fingerprint density at radius 3 is 2.87 bits per heavy atom. The average molecular weight is 433 g/mol. The van der Waals surface area contributed by atoms with E-state index in [1.165, 1.54) is 21.7 Å². The predicted octanol–water partition coefficient (Wildman–Crippen LogP) is 4.28. The molecule has 5 rings (SSSR count). The summed E-state index contributed by atoms with van der Waals surface area (Å²) < 4.78 is 2.24. The van der Waals surface area contributed by atoms with Crippen LogP contribution in [0.2, 0.25) is 0 Å². The number of imidazole rings is 1. The van der Waals surface area contributed by atoms with Crippen LogP contribution >= 0.6 is 11.3 Å². The Morgan fingerprint density at radius 2 is 2.03 bits per heavy atom. The van der Waals surface area contributed by atoms with E-state index in [-0.39, 0.29) is 0 Å². The molecule has 2 N–H and O–H groups in total. The van der Waals surface area contributed by atoms with Gasteiger partial charge in [0, 0.05) is 18.5 Å². The van der Waals surface area contributed by atoms with Crippen LogP contribution in [0.4, 0.5) is 0 Å². The van der Waals surface area contributed by atoms with Crippen LogP contribution in [0.5, 0.6) is 0 Å². The molecule has 2 aromatic heterocycles. The fourth-order valence-electron chi connectivity index (χ4n) is 4.60. The van der Waals surface area contributed by atoms with Crippen LogP contribution in [-0.4, -0.2) is 32.7 Å². The van der Waals surface area contributed by atoms with E-state index in [2.05, 4.69) is 42.1 Å². The number of aliphatic hydroxyl groups excluding tert-OH is 1. The van der Waals surface area contributed by atoms with Gasteiger partial charge in [-0.25, -0.2) is 9.97 Å². The van der Waals surface area contributed by atoms with Crippen molar-refractivity contribution in [2.45, 2.75) is 38.2 Å². The van der Waals surface area contributed by atoms with Crippen LogP contribution in [0, 0.1) is 6.92 Å². The molecule has 0 radical (unpaired) electrons. The number of thiazole rings is 1. The molecule has 1 aliphatic carbocycles. The molecule has 2 aromatic carbocycles. The molecule has 0 unspecified atom stereocenters. The number of nitrogens with zero attached hydrogens (tertiary/aromatic N) is 3. The van der Waals surface area contributed by atoms with Gasteiger partial charge in [0.1, 0.15) is 5.82 Å². The predicted molar refractivity (Wildman–Crippen MR) is 126 cm³/mol. The molecule has 0 bridgehead atoms. The van der Waals surface area contributed by atoms with Gasteiger partial charge in [-0.2, -0.15) is 0 Å². The van der Waals surface area contributed by atoms with Crippen LogP contribution in [0.1, 0.15) is 51.0 Å². The maximum Gasteiger partial charge on any atom is 0.118 e. The van der Waals surface area contributed by atoms with Crippen LogP contribution in [0.15, 0.2) is 48.5 Å². The third-order valence-corrected chi connectivity index (χ3v) is 7.27. The van der Waals surface area contributed by atoms with Crippen LogP contribution < -0.4 is 5.32 Å². The molecule has 0 saturated heterocycles. The summed E-state index contributed by atoms with van der Waals surface area (Å²) in [6.45, 7) is 3.46. The Hall–Kier alpha value is -2.54. The highest BCUT2D eigenvalue weighted by Crippen LogP contribution is 2.40. The standard InChI is InChI=1S/C25H28N4OS/c1-16-27-24-19(9-11-23(24)31-16)25-28-20-14-17(8-10-21(20)29(25)2)12-13-26-15-22(30)18-6-4-3-5-7-18/h3-8,10,14,19,22,26,30H,9,11-13,15H2,1-2H3/t19-,22+/m1/s1. The molecular weight excluding hydrogens is 404 g/mol. The largest absolute Gasteiger partial charge is 0.387 e. The summed E-state index contributed by atoms with van der Waals surface area (Å²) in [5, 5.41) is 14.8. The van der Waals surface area contributed by atoms with Gasteiger partial charge in [-0.05, 0) is 56.0 Å². The molecule has 4 aromatic rings. The van der Waals surface area contributed by atoms with Gasteiger partial charge in [-0.3, -0.25) is 0 Å². The lowest BCUT2D eigenvalue weighted by Crippen LogP contribution is -2.23. The molecule has 0 fully saturated rings. The molecule has 0 amide bonds. The summed E-state index contributed by atoms with van der Waals surface area (Å²) in [6, 6.07) is 16.4. The molecule has 5 nitrogen and oxygen atoms in total. The zero-order valence-electron chi connectivity index (χ0n) is 18.0. The number of fused-ring (bicyclic) bond motifs is 2. The van der Waals surface area contributed by atoms with Crippen molar-refractivity contribution in [1.29, 1.82) is 0 Å². The minimum absolute atomic E-state index is 0.307. The first-order valence-corrected chi connectivity index (χ1v) is 11.8. The molecule has 0 spiro atoms. The SMILES string of the molecule is Cc1nc2c(s1)CC[C@H]2c1nc2cc(CCNC[C@H](O)c3ccccc3)ccc2n1C. The third kappa shape index (κ3) is 4.03. The van der Waals surface area contributed by atoms with Crippen LogP contribution in [0.25, 0.3) is 11.0 Å². The highest BCUT2D eigenvalue weighted by Gasteiger charge is 2.31. The van der Waals surface area contributed by atoms with E-state index >= 15 is 0 Å². The highest BCUT2D eigenvalue weighted by atomic mass is 32.1. The summed E-state index contributed by atoms with van der Waals surface area (Å²) in [7, 11) is 2.12. The Balaban J connectivity index is 1.25. The number of rotatable bonds is 7. The van der Waals surface area contributed by atoms with Gasteiger partial charge in [0.25, 0.3) is 0 Å². The van der Waals surface area contributed by atoms with Crippen molar-refractivity contribution in [3.63, 3.8) is 0 Å². The van der Waals surface area contributed by atoms with E-state index in [0.29, 0.717) is 12.5 Å². The first-order valence-electron chi connectivity index (χ1n) is 11.0. The Morgan fingerprint density at radius 1 is 1.19 bits per heavy atom. The van der Waals surface area contributed by atoms with Crippen molar-refractivity contribution in [1.82, 2.24) is 19.9 Å². The second kappa shape index (κ2) is 8.54. The summed E-state index contributed by atoms with van der Waals surface area (Å²) in [4.78, 5) is 11.3. The van der Waals surface area contributed by atoms with Crippen molar-refractivity contribution in [3.05, 3.63) is 81.1 Å². The van der Waals surface area contributed by atoms with Crippen molar-refractivity contribution < 1.29 is 5.11 Å². The topological polar surface area (TPSA) is 63.0 Å². The van der Waals surface area contributed by atoms with Crippen molar-refractivity contribution in [3.8, 4) is 0 Å². The Labute approximate surface area is 186 Å². The lowest BCUT2D eigenvalue weighted by Gasteiger charge is -2.12. The molecule has 0 saturated carbocycles. The van der Waals surface area contributed by atoms with E-state index in [1.807, 2.05) is 41.7 Å². The quantitative estimate of drug-likeness (QED) is 0.428. The summed E-state index contributed by atoms with van der Waals surface area (Å²) in [5.41, 5.74) is 5.67. The molecule has 2 atom stereocenters. The lowest BCUT2D eigenvalue weighted by atomic mass is 10.1. The van der Waals surface area contributed by atoms with Crippen molar-refractivity contribution >= 4 is 22.4 Å². The highest BCUT2D eigenvalue weighted by molar-refractivity contribution is 7.11. The molecule has 6 heteroatoms. The van der Waals surface area contributed by atoms with Gasteiger partial charge in [0.15, 0.2) is 0 Å². The van der Waals surface area contributed by atoms with Crippen LogP contribution in [-0.2, 0) is 19.9 Å². The second-order valence-corrected chi connectivity index (χ2v) is 9.65. The maximum absolute atomic E-state index is 10.3. The second-order valence-electron chi connectivity index (χ2n) is 8.37. The zero-order valence-corrected chi connectivity index (χ0v) is 18.8. The van der Waals surface area contributed by atoms with E-state index in [0.717, 1.165) is 47.7 Å².